The smallest absolute Gasteiger partial charge is 0.279 e. The first-order valence-corrected chi connectivity index (χ1v) is 10.5. The summed E-state index contributed by atoms with van der Waals surface area (Å²) in [6.07, 6.45) is 1.04. The third-order valence-corrected chi connectivity index (χ3v) is 6.36. The predicted octanol–water partition coefficient (Wildman–Crippen LogP) is 2.37. The van der Waals surface area contributed by atoms with Crippen LogP contribution in [-0.2, 0) is 11.2 Å². The van der Waals surface area contributed by atoms with Crippen molar-refractivity contribution < 1.29 is 14.5 Å². The highest BCUT2D eigenvalue weighted by Gasteiger charge is 2.29. The average molecular weight is 387 g/mol. The number of hydrogen-bond acceptors (Lipinski definition) is 3. The van der Waals surface area contributed by atoms with Crippen LogP contribution in [-0.4, -0.2) is 42.9 Å². The third kappa shape index (κ3) is 4.39. The molecule has 2 heterocycles. The number of carbonyl (C=O) groups is 2. The standard InChI is InChI=1S/C21H27N3O2S/c1-4-23(5-2)21(26)16-7-6-8-17(13-16)22-20(25)14-24-11-9-19-18(15(24)3)10-12-27-19/h6-8,10,12-13,15H,4-5,9,11,14H2,1-3H3,(H,22,25)/p+1/t15-/m0/s1. The number of thiophene rings is 1. The highest BCUT2D eigenvalue weighted by Crippen LogP contribution is 2.24. The first-order chi connectivity index (χ1) is 13.0. The summed E-state index contributed by atoms with van der Waals surface area (Å²) in [5, 5.41) is 5.11. The number of nitrogens with one attached hydrogen (secondary N) is 2. The topological polar surface area (TPSA) is 53.9 Å². The molecule has 6 heteroatoms. The second kappa shape index (κ2) is 8.67. The van der Waals surface area contributed by atoms with Crippen molar-refractivity contribution in [3.05, 3.63) is 51.7 Å². The maximum atomic E-state index is 12.6. The molecule has 27 heavy (non-hydrogen) atoms. The van der Waals surface area contributed by atoms with Crippen molar-refractivity contribution in [2.75, 3.05) is 31.5 Å². The van der Waals surface area contributed by atoms with Gasteiger partial charge in [0.05, 0.1) is 6.54 Å². The Morgan fingerprint density at radius 3 is 2.78 bits per heavy atom. The minimum Gasteiger partial charge on any atom is -0.339 e. The van der Waals surface area contributed by atoms with E-state index in [1.807, 2.05) is 37.3 Å². The van der Waals surface area contributed by atoms with E-state index in [4.69, 9.17) is 0 Å². The zero-order valence-corrected chi connectivity index (χ0v) is 17.1. The SMILES string of the molecule is CCN(CC)C(=O)c1cccc(NC(=O)C[NH+]2CCc3sccc3[C@@H]2C)c1. The lowest BCUT2D eigenvalue weighted by atomic mass is 10.0. The van der Waals surface area contributed by atoms with Gasteiger partial charge >= 0.3 is 0 Å². The molecule has 0 radical (unpaired) electrons. The molecule has 0 saturated carbocycles. The Morgan fingerprint density at radius 1 is 1.26 bits per heavy atom. The number of quaternary nitrogens is 1. The summed E-state index contributed by atoms with van der Waals surface area (Å²) in [7, 11) is 0. The van der Waals surface area contributed by atoms with Gasteiger partial charge in [0.25, 0.3) is 11.8 Å². The number of fused-ring (bicyclic) bond motifs is 1. The van der Waals surface area contributed by atoms with Crippen molar-refractivity contribution in [1.29, 1.82) is 0 Å². The van der Waals surface area contributed by atoms with Crippen LogP contribution in [0, 0.1) is 0 Å². The predicted molar refractivity (Wildman–Crippen MR) is 109 cm³/mol. The van der Waals surface area contributed by atoms with Crippen LogP contribution < -0.4 is 10.2 Å². The molecule has 2 N–H and O–H groups in total. The monoisotopic (exact) mass is 386 g/mol. The van der Waals surface area contributed by atoms with Crippen molar-refractivity contribution in [3.63, 3.8) is 0 Å². The van der Waals surface area contributed by atoms with E-state index >= 15 is 0 Å². The van der Waals surface area contributed by atoms with Crippen LogP contribution in [0.1, 0.15) is 47.6 Å². The van der Waals surface area contributed by atoms with E-state index in [0.717, 1.165) is 13.0 Å². The maximum absolute atomic E-state index is 12.6. The van der Waals surface area contributed by atoms with Crippen LogP contribution in [0.3, 0.4) is 0 Å². The fourth-order valence-electron chi connectivity index (χ4n) is 3.73. The number of hydrogen-bond donors (Lipinski definition) is 2. The summed E-state index contributed by atoms with van der Waals surface area (Å²) in [6, 6.07) is 9.74. The summed E-state index contributed by atoms with van der Waals surface area (Å²) in [5.74, 6) is -0.0145. The molecule has 0 bridgehead atoms. The molecule has 1 unspecified atom stereocenters. The minimum atomic E-state index is -0.0111. The average Bonchev–Trinajstić information content (AvgIpc) is 3.15. The second-order valence-corrected chi connectivity index (χ2v) is 7.96. The Hall–Kier alpha value is -2.18. The van der Waals surface area contributed by atoms with Gasteiger partial charge in [0.15, 0.2) is 6.54 Å². The molecule has 0 saturated heterocycles. The minimum absolute atomic E-state index is 0.00337. The highest BCUT2D eigenvalue weighted by molar-refractivity contribution is 7.10. The largest absolute Gasteiger partial charge is 0.339 e. The Labute approximate surface area is 165 Å². The van der Waals surface area contributed by atoms with Gasteiger partial charge in [-0.3, -0.25) is 9.59 Å². The molecule has 0 spiro atoms. The Morgan fingerprint density at radius 2 is 2.04 bits per heavy atom. The summed E-state index contributed by atoms with van der Waals surface area (Å²) < 4.78 is 0. The third-order valence-electron chi connectivity index (χ3n) is 5.36. The quantitative estimate of drug-likeness (QED) is 0.801. The lowest BCUT2D eigenvalue weighted by molar-refractivity contribution is -0.923. The van der Waals surface area contributed by atoms with Gasteiger partial charge in [-0.15, -0.1) is 11.3 Å². The van der Waals surface area contributed by atoms with Gasteiger partial charge in [-0.25, -0.2) is 0 Å². The van der Waals surface area contributed by atoms with E-state index < -0.39 is 0 Å². The molecule has 2 amide bonds. The van der Waals surface area contributed by atoms with Crippen molar-refractivity contribution in [2.24, 2.45) is 0 Å². The van der Waals surface area contributed by atoms with Crippen molar-refractivity contribution >= 4 is 28.8 Å². The molecule has 5 nitrogen and oxygen atoms in total. The van der Waals surface area contributed by atoms with E-state index in [1.54, 1.807) is 17.0 Å². The van der Waals surface area contributed by atoms with Gasteiger partial charge in [-0.2, -0.15) is 0 Å². The molecule has 1 aromatic heterocycles. The van der Waals surface area contributed by atoms with Crippen LogP contribution in [0.15, 0.2) is 35.7 Å². The molecule has 0 aliphatic carbocycles. The number of carbonyl (C=O) groups excluding carboxylic acids is 2. The van der Waals surface area contributed by atoms with Crippen LogP contribution in [0.4, 0.5) is 5.69 Å². The second-order valence-electron chi connectivity index (χ2n) is 6.96. The Bertz CT molecular complexity index is 813. The molecule has 1 aromatic carbocycles. The number of rotatable bonds is 6. The zero-order valence-electron chi connectivity index (χ0n) is 16.2. The molecule has 144 valence electrons. The van der Waals surface area contributed by atoms with E-state index in [2.05, 4.69) is 23.7 Å². The molecule has 2 atom stereocenters. The normalized spacial score (nSPS) is 18.6. The summed E-state index contributed by atoms with van der Waals surface area (Å²) in [4.78, 5) is 29.6. The van der Waals surface area contributed by atoms with E-state index in [-0.39, 0.29) is 11.8 Å². The molecular formula is C21H28N3O2S+. The lowest BCUT2D eigenvalue weighted by Crippen LogP contribution is -3.14. The first-order valence-electron chi connectivity index (χ1n) is 9.63. The zero-order chi connectivity index (χ0) is 19.4. The van der Waals surface area contributed by atoms with E-state index in [1.165, 1.54) is 15.3 Å². The first kappa shape index (κ1) is 19.6. The fourth-order valence-corrected chi connectivity index (χ4v) is 4.71. The van der Waals surface area contributed by atoms with Gasteiger partial charge < -0.3 is 15.1 Å². The highest BCUT2D eigenvalue weighted by atomic mass is 32.1. The molecule has 0 fully saturated rings. The van der Waals surface area contributed by atoms with Crippen molar-refractivity contribution in [1.82, 2.24) is 4.90 Å². The Balaban J connectivity index is 1.63. The van der Waals surface area contributed by atoms with Gasteiger partial charge in [0, 0.05) is 41.2 Å². The fraction of sp³-hybridized carbons (Fsp3) is 0.429. The molecular weight excluding hydrogens is 358 g/mol. The number of amides is 2. The lowest BCUT2D eigenvalue weighted by Gasteiger charge is -2.29. The van der Waals surface area contributed by atoms with E-state index in [0.29, 0.717) is 36.9 Å². The molecule has 2 aromatic rings. The van der Waals surface area contributed by atoms with Crippen molar-refractivity contribution in [3.8, 4) is 0 Å². The van der Waals surface area contributed by atoms with Crippen LogP contribution in [0.2, 0.25) is 0 Å². The van der Waals surface area contributed by atoms with Crippen LogP contribution in [0.5, 0.6) is 0 Å². The number of benzene rings is 1. The van der Waals surface area contributed by atoms with Gasteiger partial charge in [0.1, 0.15) is 6.04 Å². The Kier molecular flexibility index (Phi) is 6.29. The van der Waals surface area contributed by atoms with Crippen LogP contribution >= 0.6 is 11.3 Å². The molecule has 3 rings (SSSR count). The van der Waals surface area contributed by atoms with Crippen molar-refractivity contribution in [2.45, 2.75) is 33.2 Å². The van der Waals surface area contributed by atoms with Gasteiger partial charge in [-0.1, -0.05) is 6.07 Å². The summed E-state index contributed by atoms with van der Waals surface area (Å²) >= 11 is 1.81. The maximum Gasteiger partial charge on any atom is 0.279 e. The van der Waals surface area contributed by atoms with E-state index in [9.17, 15) is 9.59 Å². The molecule has 1 aliphatic rings. The van der Waals surface area contributed by atoms with Gasteiger partial charge in [0.2, 0.25) is 0 Å². The summed E-state index contributed by atoms with van der Waals surface area (Å²) in [5.41, 5.74) is 2.66. The molecule has 1 aliphatic heterocycles. The number of nitrogens with zero attached hydrogens (tertiary/aromatic N) is 1. The summed E-state index contributed by atoms with van der Waals surface area (Å²) in [6.45, 7) is 8.88. The van der Waals surface area contributed by atoms with Gasteiger partial charge in [-0.05, 0) is 50.4 Å². The number of anilines is 1. The van der Waals surface area contributed by atoms with Crippen LogP contribution in [0.25, 0.3) is 0 Å².